The van der Waals surface area contributed by atoms with Crippen LogP contribution in [0.3, 0.4) is 0 Å². The number of pyridine rings is 1. The molecule has 0 radical (unpaired) electrons. The van der Waals surface area contributed by atoms with Gasteiger partial charge in [0.2, 0.25) is 5.71 Å². The molecular formula is C14H9N5O. The molecular weight excluding hydrogens is 254 g/mol. The minimum atomic E-state index is -0.235. The lowest BCUT2D eigenvalue weighted by Gasteiger charge is -2.05. The first-order valence-corrected chi connectivity index (χ1v) is 5.63. The molecule has 0 amide bonds. The molecule has 0 atom stereocenters. The van der Waals surface area contributed by atoms with Gasteiger partial charge in [-0.1, -0.05) is 0 Å². The number of benzene rings is 1. The van der Waals surface area contributed by atoms with Crippen LogP contribution in [0.1, 0.15) is 0 Å². The number of hydrogen-bond donors (Lipinski definition) is 1. The van der Waals surface area contributed by atoms with Gasteiger partial charge in [0.1, 0.15) is 23.6 Å². The molecule has 0 saturated heterocycles. The van der Waals surface area contributed by atoms with Crippen LogP contribution in [0.25, 0.3) is 0 Å². The Hall–Kier alpha value is -3.38. The molecule has 0 aliphatic rings. The molecule has 0 fully saturated rings. The van der Waals surface area contributed by atoms with E-state index in [1.165, 1.54) is 0 Å². The molecule has 0 spiro atoms. The molecule has 96 valence electrons. The van der Waals surface area contributed by atoms with Crippen LogP contribution in [0.15, 0.2) is 53.9 Å². The predicted octanol–water partition coefficient (Wildman–Crippen LogP) is 2.69. The molecule has 0 bridgehead atoms. The number of nitriles is 2. The summed E-state index contributed by atoms with van der Waals surface area (Å²) in [5, 5.41) is 20.7. The lowest BCUT2D eigenvalue weighted by molar-refractivity contribution is 0.480. The fraction of sp³-hybridized carbons (Fsp3) is 0. The summed E-state index contributed by atoms with van der Waals surface area (Å²) < 4.78 is 5.57. The third kappa shape index (κ3) is 3.56. The minimum Gasteiger partial charge on any atom is -0.456 e. The second kappa shape index (κ2) is 6.53. The summed E-state index contributed by atoms with van der Waals surface area (Å²) in [7, 11) is 0. The van der Waals surface area contributed by atoms with Gasteiger partial charge in [0.25, 0.3) is 0 Å². The van der Waals surface area contributed by atoms with E-state index in [0.717, 1.165) is 0 Å². The Balaban J connectivity index is 2.02. The first-order valence-electron chi connectivity index (χ1n) is 5.63. The fourth-order valence-electron chi connectivity index (χ4n) is 1.34. The van der Waals surface area contributed by atoms with E-state index >= 15 is 0 Å². The molecule has 0 aliphatic carbocycles. The van der Waals surface area contributed by atoms with E-state index in [1.54, 1.807) is 60.9 Å². The molecule has 0 aliphatic heterocycles. The largest absolute Gasteiger partial charge is 0.456 e. The van der Waals surface area contributed by atoms with E-state index in [4.69, 9.17) is 15.3 Å². The maximum absolute atomic E-state index is 8.54. The maximum atomic E-state index is 8.54. The number of nitrogens with one attached hydrogen (secondary N) is 1. The number of hydrogen-bond acceptors (Lipinski definition) is 6. The zero-order chi connectivity index (χ0) is 14.2. The van der Waals surface area contributed by atoms with Gasteiger partial charge in [-0.05, 0) is 36.4 Å². The highest BCUT2D eigenvalue weighted by molar-refractivity contribution is 6.10. The zero-order valence-electron chi connectivity index (χ0n) is 10.3. The topological polar surface area (TPSA) is 94.1 Å². The van der Waals surface area contributed by atoms with Gasteiger partial charge in [-0.2, -0.15) is 15.6 Å². The second-order valence-corrected chi connectivity index (χ2v) is 3.61. The summed E-state index contributed by atoms with van der Waals surface area (Å²) in [4.78, 5) is 3.95. The Morgan fingerprint density at radius 3 is 2.45 bits per heavy atom. The zero-order valence-corrected chi connectivity index (χ0v) is 10.3. The van der Waals surface area contributed by atoms with Crippen LogP contribution in [0.5, 0.6) is 11.5 Å². The highest BCUT2D eigenvalue weighted by atomic mass is 16.5. The lowest BCUT2D eigenvalue weighted by atomic mass is 10.3. The highest BCUT2D eigenvalue weighted by Crippen LogP contribution is 2.21. The lowest BCUT2D eigenvalue weighted by Crippen LogP contribution is -1.96. The first-order chi connectivity index (χ1) is 9.81. The van der Waals surface area contributed by atoms with Gasteiger partial charge >= 0.3 is 0 Å². The molecule has 0 unspecified atom stereocenters. The van der Waals surface area contributed by atoms with Crippen LogP contribution in [-0.4, -0.2) is 10.7 Å². The van der Waals surface area contributed by atoms with Gasteiger partial charge in [-0.25, -0.2) is 0 Å². The van der Waals surface area contributed by atoms with Crippen LogP contribution in [-0.2, 0) is 0 Å². The van der Waals surface area contributed by atoms with Crippen LogP contribution in [0, 0.1) is 22.7 Å². The van der Waals surface area contributed by atoms with Crippen molar-refractivity contribution >= 4 is 11.4 Å². The van der Waals surface area contributed by atoms with E-state index < -0.39 is 0 Å². The molecule has 1 heterocycles. The Kier molecular flexibility index (Phi) is 4.26. The van der Waals surface area contributed by atoms with Gasteiger partial charge < -0.3 is 4.74 Å². The third-order valence-corrected chi connectivity index (χ3v) is 2.23. The predicted molar refractivity (Wildman–Crippen MR) is 73.0 cm³/mol. The van der Waals surface area contributed by atoms with E-state index in [0.29, 0.717) is 17.2 Å². The molecule has 1 aromatic heterocycles. The van der Waals surface area contributed by atoms with E-state index in [1.807, 2.05) is 0 Å². The number of ether oxygens (including phenoxy) is 1. The normalized spacial score (nSPS) is 8.90. The van der Waals surface area contributed by atoms with E-state index in [2.05, 4.69) is 15.5 Å². The van der Waals surface area contributed by atoms with Crippen LogP contribution >= 0.6 is 0 Å². The number of rotatable bonds is 4. The van der Waals surface area contributed by atoms with Crippen molar-refractivity contribution in [2.75, 3.05) is 5.43 Å². The molecule has 2 aromatic rings. The monoisotopic (exact) mass is 263 g/mol. The Morgan fingerprint density at radius 1 is 1.10 bits per heavy atom. The molecule has 6 nitrogen and oxygen atoms in total. The Bertz CT molecular complexity index is 664. The molecule has 6 heteroatoms. The van der Waals surface area contributed by atoms with Crippen molar-refractivity contribution in [1.29, 1.82) is 10.5 Å². The summed E-state index contributed by atoms with van der Waals surface area (Å²) >= 11 is 0. The van der Waals surface area contributed by atoms with Crippen LogP contribution < -0.4 is 10.2 Å². The first kappa shape index (κ1) is 13.1. The van der Waals surface area contributed by atoms with Crippen molar-refractivity contribution in [3.8, 4) is 23.6 Å². The van der Waals surface area contributed by atoms with Crippen molar-refractivity contribution in [2.45, 2.75) is 0 Å². The summed E-state index contributed by atoms with van der Waals surface area (Å²) in [5.41, 5.74) is 3.02. The van der Waals surface area contributed by atoms with E-state index in [-0.39, 0.29) is 5.71 Å². The molecule has 0 saturated carbocycles. The highest BCUT2D eigenvalue weighted by Gasteiger charge is 1.98. The minimum absolute atomic E-state index is 0.235. The number of aromatic nitrogens is 1. The summed E-state index contributed by atoms with van der Waals surface area (Å²) in [5.74, 6) is 1.29. The average molecular weight is 263 g/mol. The fourth-order valence-corrected chi connectivity index (χ4v) is 1.34. The van der Waals surface area contributed by atoms with Crippen molar-refractivity contribution in [3.63, 3.8) is 0 Å². The number of nitrogens with zero attached hydrogens (tertiary/aromatic N) is 4. The van der Waals surface area contributed by atoms with Crippen LogP contribution in [0.2, 0.25) is 0 Å². The average Bonchev–Trinajstić information content (AvgIpc) is 2.51. The van der Waals surface area contributed by atoms with Crippen molar-refractivity contribution in [3.05, 3.63) is 48.8 Å². The summed E-state index contributed by atoms with van der Waals surface area (Å²) in [6.07, 6.45) is 3.28. The summed E-state index contributed by atoms with van der Waals surface area (Å²) in [6, 6.07) is 13.8. The Labute approximate surface area is 115 Å². The summed E-state index contributed by atoms with van der Waals surface area (Å²) in [6.45, 7) is 0. The molecule has 20 heavy (non-hydrogen) atoms. The van der Waals surface area contributed by atoms with Crippen molar-refractivity contribution in [2.24, 2.45) is 5.10 Å². The Morgan fingerprint density at radius 2 is 1.85 bits per heavy atom. The van der Waals surface area contributed by atoms with Crippen LogP contribution in [0.4, 0.5) is 5.69 Å². The third-order valence-electron chi connectivity index (χ3n) is 2.23. The van der Waals surface area contributed by atoms with Gasteiger partial charge in [0.15, 0.2) is 0 Å². The maximum Gasteiger partial charge on any atom is 0.237 e. The van der Waals surface area contributed by atoms with E-state index in [9.17, 15) is 0 Å². The van der Waals surface area contributed by atoms with Gasteiger partial charge in [0.05, 0.1) is 11.9 Å². The second-order valence-electron chi connectivity index (χ2n) is 3.61. The molecule has 1 aromatic carbocycles. The van der Waals surface area contributed by atoms with Gasteiger partial charge in [-0.15, -0.1) is 0 Å². The number of hydrazone groups is 1. The number of anilines is 1. The quantitative estimate of drug-likeness (QED) is 0.676. The standard InChI is InChI=1S/C14H9N5O/c15-8-12(9-16)19-18-11-3-5-13(6-4-11)20-14-2-1-7-17-10-14/h1-7,10,18H. The SMILES string of the molecule is N#CC(C#N)=NNc1ccc(Oc2cccnc2)cc1. The molecule has 1 N–H and O–H groups in total. The van der Waals surface area contributed by atoms with Gasteiger partial charge in [0, 0.05) is 6.20 Å². The smallest absolute Gasteiger partial charge is 0.237 e. The van der Waals surface area contributed by atoms with Gasteiger partial charge in [-0.3, -0.25) is 10.4 Å². The van der Waals surface area contributed by atoms with Crippen molar-refractivity contribution in [1.82, 2.24) is 4.98 Å². The van der Waals surface area contributed by atoms with Crippen molar-refractivity contribution < 1.29 is 4.74 Å². The molecule has 2 rings (SSSR count).